The molecular weight excluding hydrogens is 176 g/mol. The maximum absolute atomic E-state index is 11.4. The van der Waals surface area contributed by atoms with Gasteiger partial charge in [0.1, 0.15) is 0 Å². The highest BCUT2D eigenvalue weighted by Gasteiger charge is 2.14. The molecule has 0 saturated heterocycles. The zero-order valence-electron chi connectivity index (χ0n) is 9.68. The standard InChI is InChI=1S/C11H24N2O/c1-4-10(9(2)3)8-11(14)13-7-5-6-12/h9-10H,4-8,12H2,1-3H3,(H,13,14). The number of nitrogens with two attached hydrogens (primary N) is 1. The second kappa shape index (κ2) is 7.80. The molecule has 0 radical (unpaired) electrons. The van der Waals surface area contributed by atoms with Gasteiger partial charge >= 0.3 is 0 Å². The van der Waals surface area contributed by atoms with Gasteiger partial charge in [-0.3, -0.25) is 4.79 Å². The van der Waals surface area contributed by atoms with Gasteiger partial charge in [-0.25, -0.2) is 0 Å². The largest absolute Gasteiger partial charge is 0.356 e. The van der Waals surface area contributed by atoms with E-state index in [2.05, 4.69) is 26.1 Å². The van der Waals surface area contributed by atoms with Crippen LogP contribution in [-0.2, 0) is 4.79 Å². The Kier molecular flexibility index (Phi) is 7.48. The van der Waals surface area contributed by atoms with Crippen LogP contribution in [0.15, 0.2) is 0 Å². The third kappa shape index (κ3) is 5.97. The van der Waals surface area contributed by atoms with Crippen LogP contribution < -0.4 is 11.1 Å². The molecule has 0 spiro atoms. The summed E-state index contributed by atoms with van der Waals surface area (Å²) >= 11 is 0. The third-order valence-corrected chi connectivity index (χ3v) is 2.62. The van der Waals surface area contributed by atoms with E-state index in [1.165, 1.54) is 0 Å². The predicted molar refractivity (Wildman–Crippen MR) is 59.9 cm³/mol. The van der Waals surface area contributed by atoms with Crippen molar-refractivity contribution in [3.63, 3.8) is 0 Å². The topological polar surface area (TPSA) is 55.1 Å². The molecule has 0 fully saturated rings. The molecule has 14 heavy (non-hydrogen) atoms. The molecule has 0 aromatic carbocycles. The van der Waals surface area contributed by atoms with Gasteiger partial charge in [0.2, 0.25) is 5.91 Å². The normalized spacial score (nSPS) is 12.9. The van der Waals surface area contributed by atoms with Crippen molar-refractivity contribution in [2.45, 2.75) is 40.0 Å². The molecule has 84 valence electrons. The van der Waals surface area contributed by atoms with Gasteiger partial charge in [-0.1, -0.05) is 27.2 Å². The predicted octanol–water partition coefficient (Wildman–Crippen LogP) is 1.52. The summed E-state index contributed by atoms with van der Waals surface area (Å²) in [5.41, 5.74) is 5.34. The number of amides is 1. The fraction of sp³-hybridized carbons (Fsp3) is 0.909. The molecule has 0 aromatic heterocycles. The summed E-state index contributed by atoms with van der Waals surface area (Å²) in [6.07, 6.45) is 2.59. The molecule has 0 aliphatic rings. The zero-order chi connectivity index (χ0) is 11.0. The number of nitrogens with one attached hydrogen (secondary N) is 1. The first kappa shape index (κ1) is 13.4. The van der Waals surface area contributed by atoms with Crippen molar-refractivity contribution in [2.75, 3.05) is 13.1 Å². The lowest BCUT2D eigenvalue weighted by Gasteiger charge is -2.18. The molecule has 0 rings (SSSR count). The molecule has 3 nitrogen and oxygen atoms in total. The van der Waals surface area contributed by atoms with Gasteiger partial charge in [0.15, 0.2) is 0 Å². The Morgan fingerprint density at radius 3 is 2.50 bits per heavy atom. The average molecular weight is 200 g/mol. The minimum absolute atomic E-state index is 0.166. The van der Waals surface area contributed by atoms with Gasteiger partial charge in [-0.15, -0.1) is 0 Å². The van der Waals surface area contributed by atoms with E-state index < -0.39 is 0 Å². The molecule has 1 unspecified atom stereocenters. The van der Waals surface area contributed by atoms with Crippen molar-refractivity contribution >= 4 is 5.91 Å². The summed E-state index contributed by atoms with van der Waals surface area (Å²) in [6.45, 7) is 7.83. The lowest BCUT2D eigenvalue weighted by Crippen LogP contribution is -2.28. The quantitative estimate of drug-likeness (QED) is 0.612. The second-order valence-corrected chi connectivity index (χ2v) is 4.11. The Morgan fingerprint density at radius 1 is 1.43 bits per heavy atom. The summed E-state index contributed by atoms with van der Waals surface area (Å²) < 4.78 is 0. The highest BCUT2D eigenvalue weighted by Crippen LogP contribution is 2.18. The van der Waals surface area contributed by atoms with Crippen LogP contribution in [0.25, 0.3) is 0 Å². The molecule has 3 N–H and O–H groups in total. The Hall–Kier alpha value is -0.570. The van der Waals surface area contributed by atoms with Crippen LogP contribution in [-0.4, -0.2) is 19.0 Å². The molecular formula is C11H24N2O. The summed E-state index contributed by atoms with van der Waals surface area (Å²) in [6, 6.07) is 0. The maximum Gasteiger partial charge on any atom is 0.220 e. The molecule has 3 heteroatoms. The molecule has 0 bridgehead atoms. The maximum atomic E-state index is 11.4. The van der Waals surface area contributed by atoms with Crippen molar-refractivity contribution in [1.82, 2.24) is 5.32 Å². The van der Waals surface area contributed by atoms with E-state index in [0.717, 1.165) is 12.8 Å². The SMILES string of the molecule is CCC(CC(=O)NCCCN)C(C)C. The number of carbonyl (C=O) groups is 1. The van der Waals surface area contributed by atoms with Crippen molar-refractivity contribution in [3.05, 3.63) is 0 Å². The van der Waals surface area contributed by atoms with Crippen LogP contribution in [0.2, 0.25) is 0 Å². The summed E-state index contributed by atoms with van der Waals surface area (Å²) in [5.74, 6) is 1.26. The first-order chi connectivity index (χ1) is 6.61. The lowest BCUT2D eigenvalue weighted by molar-refractivity contribution is -0.122. The highest BCUT2D eigenvalue weighted by atomic mass is 16.1. The molecule has 0 aliphatic carbocycles. The van der Waals surface area contributed by atoms with Crippen LogP contribution in [0, 0.1) is 11.8 Å². The van der Waals surface area contributed by atoms with Crippen LogP contribution in [0.5, 0.6) is 0 Å². The van der Waals surface area contributed by atoms with Gasteiger partial charge in [0.25, 0.3) is 0 Å². The minimum atomic E-state index is 0.166. The van der Waals surface area contributed by atoms with E-state index >= 15 is 0 Å². The number of carbonyl (C=O) groups excluding carboxylic acids is 1. The summed E-state index contributed by atoms with van der Waals surface area (Å²) in [4.78, 5) is 11.4. The highest BCUT2D eigenvalue weighted by molar-refractivity contribution is 5.76. The average Bonchev–Trinajstić information content (AvgIpc) is 2.14. The Bertz CT molecular complexity index is 157. The smallest absolute Gasteiger partial charge is 0.220 e. The third-order valence-electron chi connectivity index (χ3n) is 2.62. The molecule has 1 atom stereocenters. The van der Waals surface area contributed by atoms with Crippen LogP contribution in [0.3, 0.4) is 0 Å². The minimum Gasteiger partial charge on any atom is -0.356 e. The van der Waals surface area contributed by atoms with Gasteiger partial charge < -0.3 is 11.1 Å². The van der Waals surface area contributed by atoms with E-state index in [4.69, 9.17) is 5.73 Å². The second-order valence-electron chi connectivity index (χ2n) is 4.11. The van der Waals surface area contributed by atoms with Gasteiger partial charge in [0.05, 0.1) is 0 Å². The van der Waals surface area contributed by atoms with Crippen molar-refractivity contribution in [1.29, 1.82) is 0 Å². The van der Waals surface area contributed by atoms with Gasteiger partial charge in [-0.05, 0) is 24.8 Å². The number of hydrogen-bond donors (Lipinski definition) is 2. The Labute approximate surface area is 87.4 Å². The van der Waals surface area contributed by atoms with Crippen molar-refractivity contribution < 1.29 is 4.79 Å². The molecule has 1 amide bonds. The first-order valence-electron chi connectivity index (χ1n) is 5.58. The van der Waals surface area contributed by atoms with E-state index in [1.54, 1.807) is 0 Å². The van der Waals surface area contributed by atoms with Crippen LogP contribution in [0.1, 0.15) is 40.0 Å². The van der Waals surface area contributed by atoms with Crippen LogP contribution >= 0.6 is 0 Å². The van der Waals surface area contributed by atoms with E-state index in [9.17, 15) is 4.79 Å². The van der Waals surface area contributed by atoms with Gasteiger partial charge in [-0.2, -0.15) is 0 Å². The first-order valence-corrected chi connectivity index (χ1v) is 5.58. The number of rotatable bonds is 7. The van der Waals surface area contributed by atoms with Gasteiger partial charge in [0, 0.05) is 13.0 Å². The molecule has 0 heterocycles. The van der Waals surface area contributed by atoms with Crippen LogP contribution in [0.4, 0.5) is 0 Å². The number of hydrogen-bond acceptors (Lipinski definition) is 2. The Balaban J connectivity index is 3.68. The summed E-state index contributed by atoms with van der Waals surface area (Å²) in [5, 5.41) is 2.88. The Morgan fingerprint density at radius 2 is 2.07 bits per heavy atom. The lowest BCUT2D eigenvalue weighted by atomic mass is 9.90. The molecule has 0 aromatic rings. The van der Waals surface area contributed by atoms with E-state index in [0.29, 0.717) is 31.3 Å². The zero-order valence-corrected chi connectivity index (χ0v) is 9.68. The van der Waals surface area contributed by atoms with Crippen molar-refractivity contribution in [2.24, 2.45) is 17.6 Å². The fourth-order valence-electron chi connectivity index (χ4n) is 1.49. The van der Waals surface area contributed by atoms with Crippen molar-refractivity contribution in [3.8, 4) is 0 Å². The van der Waals surface area contributed by atoms with E-state index in [1.807, 2.05) is 0 Å². The fourth-order valence-corrected chi connectivity index (χ4v) is 1.49. The monoisotopic (exact) mass is 200 g/mol. The van der Waals surface area contributed by atoms with E-state index in [-0.39, 0.29) is 5.91 Å². The molecule has 0 aliphatic heterocycles. The summed E-state index contributed by atoms with van der Waals surface area (Å²) in [7, 11) is 0. The molecule has 0 saturated carbocycles.